The first-order valence-electron chi connectivity index (χ1n) is 7.12. The maximum absolute atomic E-state index is 12.1. The summed E-state index contributed by atoms with van der Waals surface area (Å²) in [4.78, 5) is 12.1. The third-order valence-corrected chi connectivity index (χ3v) is 5.42. The zero-order valence-electron chi connectivity index (χ0n) is 12.6. The average Bonchev–Trinajstić information content (AvgIpc) is 2.56. The Balaban J connectivity index is 1.84. The fraction of sp³-hybridized carbons (Fsp3) is 0.188. The number of halogens is 2. The lowest BCUT2D eigenvalue weighted by molar-refractivity contribution is 0.0955. The smallest absolute Gasteiger partial charge is 0.252 e. The van der Waals surface area contributed by atoms with Crippen molar-refractivity contribution in [2.45, 2.75) is 6.54 Å². The maximum Gasteiger partial charge on any atom is 0.252 e. The van der Waals surface area contributed by atoms with E-state index in [9.17, 15) is 13.2 Å². The highest BCUT2D eigenvalue weighted by atomic mass is 79.9. The van der Waals surface area contributed by atoms with Crippen molar-refractivity contribution in [3.05, 3.63) is 69.2 Å². The molecule has 0 aliphatic rings. The van der Waals surface area contributed by atoms with Gasteiger partial charge in [-0.05, 0) is 39.7 Å². The van der Waals surface area contributed by atoms with Crippen molar-refractivity contribution in [3.63, 3.8) is 0 Å². The van der Waals surface area contributed by atoms with Gasteiger partial charge < -0.3 is 5.32 Å². The zero-order valence-corrected chi connectivity index (χ0v) is 15.8. The van der Waals surface area contributed by atoms with Crippen molar-refractivity contribution >= 4 is 43.5 Å². The highest BCUT2D eigenvalue weighted by molar-refractivity contribution is 9.10. The molecule has 5 nitrogen and oxygen atoms in total. The fourth-order valence-electron chi connectivity index (χ4n) is 1.93. The van der Waals surface area contributed by atoms with Gasteiger partial charge in [-0.15, -0.1) is 0 Å². The second-order valence-corrected chi connectivity index (χ2v) is 8.22. The van der Waals surface area contributed by atoms with Gasteiger partial charge in [0.05, 0.1) is 11.3 Å². The highest BCUT2D eigenvalue weighted by Crippen LogP contribution is 2.20. The molecule has 1 amide bonds. The van der Waals surface area contributed by atoms with E-state index >= 15 is 0 Å². The molecule has 2 N–H and O–H groups in total. The number of carbonyl (C=O) groups excluding carboxylic acids is 1. The number of nitrogens with one attached hydrogen (secondary N) is 2. The molecule has 2 aromatic carbocycles. The van der Waals surface area contributed by atoms with E-state index in [-0.39, 0.29) is 24.7 Å². The summed E-state index contributed by atoms with van der Waals surface area (Å²) >= 11 is 9.12. The molecule has 0 saturated carbocycles. The van der Waals surface area contributed by atoms with Gasteiger partial charge in [0, 0.05) is 22.6 Å². The molecule has 0 atom stereocenters. The molecule has 0 saturated heterocycles. The second kappa shape index (κ2) is 8.62. The number of amides is 1. The minimum absolute atomic E-state index is 0.00189. The minimum atomic E-state index is -3.48. The van der Waals surface area contributed by atoms with E-state index in [1.807, 2.05) is 30.3 Å². The van der Waals surface area contributed by atoms with Crippen LogP contribution in [0.25, 0.3) is 0 Å². The molecule has 0 aliphatic heterocycles. The van der Waals surface area contributed by atoms with Crippen LogP contribution in [0.2, 0.25) is 5.02 Å². The van der Waals surface area contributed by atoms with E-state index in [0.717, 1.165) is 5.56 Å². The predicted octanol–water partition coefficient (Wildman–Crippen LogP) is 2.95. The third-order valence-electron chi connectivity index (χ3n) is 3.17. The lowest BCUT2D eigenvalue weighted by atomic mass is 10.2. The van der Waals surface area contributed by atoms with Gasteiger partial charge in [0.1, 0.15) is 0 Å². The minimum Gasteiger partial charge on any atom is -0.351 e. The van der Waals surface area contributed by atoms with Crippen molar-refractivity contribution in [3.8, 4) is 0 Å². The van der Waals surface area contributed by atoms with Gasteiger partial charge >= 0.3 is 0 Å². The van der Waals surface area contributed by atoms with Crippen molar-refractivity contribution in [2.75, 3.05) is 12.3 Å². The zero-order chi connectivity index (χ0) is 17.6. The molecule has 0 radical (unpaired) electrons. The summed E-state index contributed by atoms with van der Waals surface area (Å²) in [6.07, 6.45) is 0. The van der Waals surface area contributed by atoms with Gasteiger partial charge in [-0.25, -0.2) is 13.1 Å². The van der Waals surface area contributed by atoms with E-state index in [1.165, 1.54) is 6.07 Å². The summed E-state index contributed by atoms with van der Waals surface area (Å²) in [6.45, 7) is 0.221. The monoisotopic (exact) mass is 430 g/mol. The molecule has 2 aromatic rings. The van der Waals surface area contributed by atoms with Crippen LogP contribution in [0.1, 0.15) is 15.9 Å². The predicted molar refractivity (Wildman–Crippen MR) is 98.6 cm³/mol. The number of sulfonamides is 1. The summed E-state index contributed by atoms with van der Waals surface area (Å²) in [5.41, 5.74) is 1.23. The number of carbonyl (C=O) groups is 1. The number of hydrogen-bond donors (Lipinski definition) is 2. The van der Waals surface area contributed by atoms with Crippen LogP contribution in [0.3, 0.4) is 0 Å². The van der Waals surface area contributed by atoms with Gasteiger partial charge in [-0.3, -0.25) is 4.79 Å². The molecule has 128 valence electrons. The molecule has 8 heteroatoms. The summed E-state index contributed by atoms with van der Waals surface area (Å²) in [6, 6.07) is 14.0. The molecule has 0 bridgehead atoms. The van der Waals surface area contributed by atoms with Crippen molar-refractivity contribution < 1.29 is 13.2 Å². The Morgan fingerprint density at radius 2 is 1.83 bits per heavy atom. The molecule has 0 aliphatic carbocycles. The summed E-state index contributed by atoms with van der Waals surface area (Å²) < 4.78 is 27.0. The molecule has 2 rings (SSSR count). The largest absolute Gasteiger partial charge is 0.351 e. The van der Waals surface area contributed by atoms with E-state index in [4.69, 9.17) is 11.6 Å². The quantitative estimate of drug-likeness (QED) is 0.708. The third kappa shape index (κ3) is 5.90. The van der Waals surface area contributed by atoms with Crippen LogP contribution in [0.5, 0.6) is 0 Å². The van der Waals surface area contributed by atoms with Crippen LogP contribution < -0.4 is 10.0 Å². The van der Waals surface area contributed by atoms with Crippen LogP contribution in [0.4, 0.5) is 0 Å². The number of hydrogen-bond acceptors (Lipinski definition) is 3. The molecule has 0 fully saturated rings. The average molecular weight is 432 g/mol. The first kappa shape index (κ1) is 18.9. The molecule has 24 heavy (non-hydrogen) atoms. The van der Waals surface area contributed by atoms with Crippen LogP contribution in [-0.2, 0) is 16.6 Å². The molecule has 0 heterocycles. The molecular weight excluding hydrogens is 416 g/mol. The van der Waals surface area contributed by atoms with Crippen LogP contribution in [-0.4, -0.2) is 26.6 Å². The van der Waals surface area contributed by atoms with Crippen molar-refractivity contribution in [1.29, 1.82) is 0 Å². The summed E-state index contributed by atoms with van der Waals surface area (Å²) in [7, 11) is -3.48. The van der Waals surface area contributed by atoms with Crippen molar-refractivity contribution in [2.24, 2.45) is 0 Å². The Labute approximate surface area is 154 Å². The van der Waals surface area contributed by atoms with Gasteiger partial charge in [-0.1, -0.05) is 41.9 Å². The van der Waals surface area contributed by atoms with E-state index in [0.29, 0.717) is 15.1 Å². The van der Waals surface area contributed by atoms with Crippen LogP contribution in [0, 0.1) is 0 Å². The second-order valence-electron chi connectivity index (χ2n) is 5.01. The lowest BCUT2D eigenvalue weighted by Crippen LogP contribution is -2.34. The Morgan fingerprint density at radius 3 is 2.54 bits per heavy atom. The molecule has 0 unspecified atom stereocenters. The van der Waals surface area contributed by atoms with Gasteiger partial charge in [0.2, 0.25) is 10.0 Å². The molecular formula is C16H16BrClN2O3S. The first-order chi connectivity index (χ1) is 11.4. The maximum atomic E-state index is 12.1. The number of rotatable bonds is 7. The lowest BCUT2D eigenvalue weighted by Gasteiger charge is -2.09. The SMILES string of the molecule is O=C(NCCS(=O)(=O)NCc1ccccc1)c1cc(Cl)ccc1Br. The van der Waals surface area contributed by atoms with Gasteiger partial charge in [0.25, 0.3) is 5.91 Å². The first-order valence-corrected chi connectivity index (χ1v) is 9.94. The van der Waals surface area contributed by atoms with E-state index in [1.54, 1.807) is 12.1 Å². The van der Waals surface area contributed by atoms with Crippen molar-refractivity contribution in [1.82, 2.24) is 10.0 Å². The Morgan fingerprint density at radius 1 is 1.12 bits per heavy atom. The summed E-state index contributed by atoms with van der Waals surface area (Å²) in [5.74, 6) is -0.591. The standard InChI is InChI=1S/C16H16BrClN2O3S/c17-15-7-6-13(18)10-14(15)16(21)19-8-9-24(22,23)20-11-12-4-2-1-3-5-12/h1-7,10,20H,8-9,11H2,(H,19,21). The Kier molecular flexibility index (Phi) is 6.79. The highest BCUT2D eigenvalue weighted by Gasteiger charge is 2.13. The molecule has 0 spiro atoms. The topological polar surface area (TPSA) is 75.3 Å². The van der Waals surface area contributed by atoms with Crippen LogP contribution >= 0.6 is 27.5 Å². The van der Waals surface area contributed by atoms with E-state index in [2.05, 4.69) is 26.0 Å². The fourth-order valence-corrected chi connectivity index (χ4v) is 3.43. The summed E-state index contributed by atoms with van der Waals surface area (Å²) in [5, 5.41) is 3.01. The Hall–Kier alpha value is -1.41. The van der Waals surface area contributed by atoms with E-state index < -0.39 is 10.0 Å². The molecule has 0 aromatic heterocycles. The number of benzene rings is 2. The normalized spacial score (nSPS) is 11.2. The van der Waals surface area contributed by atoms with Crippen LogP contribution in [0.15, 0.2) is 53.0 Å². The van der Waals surface area contributed by atoms with Gasteiger partial charge in [0.15, 0.2) is 0 Å². The van der Waals surface area contributed by atoms with Gasteiger partial charge in [-0.2, -0.15) is 0 Å². The Bertz CT molecular complexity index is 813.